The van der Waals surface area contributed by atoms with Gasteiger partial charge < -0.3 is 10.1 Å². The molecule has 0 radical (unpaired) electrons. The van der Waals surface area contributed by atoms with Crippen LogP contribution in [0.4, 0.5) is 13.2 Å². The minimum Gasteiger partial charge on any atom is -0.493 e. The van der Waals surface area contributed by atoms with Crippen LogP contribution in [0.2, 0.25) is 0 Å². The van der Waals surface area contributed by atoms with Crippen molar-refractivity contribution in [2.75, 3.05) is 19.3 Å². The molecule has 0 aliphatic carbocycles. The first-order chi connectivity index (χ1) is 17.5. The van der Waals surface area contributed by atoms with Crippen LogP contribution < -0.4 is 0 Å². The summed E-state index contributed by atoms with van der Waals surface area (Å²) in [6, 6.07) is 9.47. The number of sulfonamides is 1. The first kappa shape index (κ1) is 25.2. The van der Waals surface area contributed by atoms with Gasteiger partial charge in [-0.25, -0.2) is 17.7 Å². The summed E-state index contributed by atoms with van der Waals surface area (Å²) in [5, 5.41) is 15.6. The zero-order valence-electron chi connectivity index (χ0n) is 19.9. The second kappa shape index (κ2) is 9.45. The van der Waals surface area contributed by atoms with E-state index in [4.69, 9.17) is 0 Å². The molecule has 0 spiro atoms. The number of rotatable bonds is 6. The van der Waals surface area contributed by atoms with Crippen LogP contribution in [0.3, 0.4) is 0 Å². The van der Waals surface area contributed by atoms with Gasteiger partial charge in [0.2, 0.25) is 21.9 Å². The van der Waals surface area contributed by atoms with E-state index in [1.165, 1.54) is 21.3 Å². The first-order valence-electron chi connectivity index (χ1n) is 11.8. The highest BCUT2D eigenvalue weighted by atomic mass is 32.2. The summed E-state index contributed by atoms with van der Waals surface area (Å²) >= 11 is 0. The fourth-order valence-electron chi connectivity index (χ4n) is 4.64. The molecule has 13 heteroatoms. The molecule has 3 aromatic heterocycles. The van der Waals surface area contributed by atoms with E-state index in [-0.39, 0.29) is 29.1 Å². The van der Waals surface area contributed by atoms with Gasteiger partial charge in [0, 0.05) is 24.8 Å². The van der Waals surface area contributed by atoms with Gasteiger partial charge in [0.1, 0.15) is 5.69 Å². The van der Waals surface area contributed by atoms with Crippen molar-refractivity contribution in [1.29, 1.82) is 0 Å². The maximum atomic E-state index is 13.1. The molecule has 0 amide bonds. The highest BCUT2D eigenvalue weighted by Crippen LogP contribution is 2.35. The molecule has 0 atom stereocenters. The molecule has 1 aliphatic heterocycles. The number of aromatic amines is 1. The fourth-order valence-corrected chi connectivity index (χ4v) is 5.52. The summed E-state index contributed by atoms with van der Waals surface area (Å²) < 4.78 is 65.5. The Balaban J connectivity index is 1.46. The predicted octanol–water partition coefficient (Wildman–Crippen LogP) is 4.14. The van der Waals surface area contributed by atoms with Gasteiger partial charge >= 0.3 is 6.18 Å². The van der Waals surface area contributed by atoms with Crippen LogP contribution in [0.5, 0.6) is 5.88 Å². The Labute approximate surface area is 211 Å². The minimum absolute atomic E-state index is 0.177. The molecular formula is C24H25F3N6O3S. The lowest BCUT2D eigenvalue weighted by Gasteiger charge is -2.30. The van der Waals surface area contributed by atoms with Crippen molar-refractivity contribution in [3.8, 4) is 23.2 Å². The van der Waals surface area contributed by atoms with E-state index >= 15 is 0 Å². The predicted molar refractivity (Wildman–Crippen MR) is 131 cm³/mol. The Bertz CT molecular complexity index is 1490. The van der Waals surface area contributed by atoms with Gasteiger partial charge in [-0.3, -0.25) is 4.98 Å². The van der Waals surface area contributed by atoms with Crippen molar-refractivity contribution < 1.29 is 26.7 Å². The highest BCUT2D eigenvalue weighted by molar-refractivity contribution is 7.88. The quantitative estimate of drug-likeness (QED) is 0.384. The number of hydrogen-bond acceptors (Lipinski definition) is 6. The lowest BCUT2D eigenvalue weighted by atomic mass is 9.91. The van der Waals surface area contributed by atoms with Gasteiger partial charge in [0.25, 0.3) is 0 Å². The number of benzene rings is 1. The number of piperidine rings is 1. The summed E-state index contributed by atoms with van der Waals surface area (Å²) in [6.45, 7) is 0.863. The van der Waals surface area contributed by atoms with Gasteiger partial charge in [-0.2, -0.15) is 23.0 Å². The van der Waals surface area contributed by atoms with E-state index < -0.39 is 21.8 Å². The van der Waals surface area contributed by atoms with Crippen molar-refractivity contribution >= 4 is 21.1 Å². The monoisotopic (exact) mass is 534 g/mol. The fraction of sp³-hybridized carbons (Fsp3) is 0.375. The topological polar surface area (TPSA) is 117 Å². The van der Waals surface area contributed by atoms with Crippen molar-refractivity contribution in [2.24, 2.45) is 5.92 Å². The van der Waals surface area contributed by atoms with E-state index in [1.807, 2.05) is 18.2 Å². The van der Waals surface area contributed by atoms with E-state index in [0.717, 1.165) is 17.8 Å². The molecule has 1 aliphatic rings. The van der Waals surface area contributed by atoms with Crippen LogP contribution in [-0.2, 0) is 22.6 Å². The highest BCUT2D eigenvalue weighted by Gasteiger charge is 2.32. The van der Waals surface area contributed by atoms with Crippen molar-refractivity contribution in [2.45, 2.75) is 31.9 Å². The van der Waals surface area contributed by atoms with Crippen LogP contribution in [0, 0.1) is 5.92 Å². The van der Waals surface area contributed by atoms with Crippen LogP contribution in [0.25, 0.3) is 28.4 Å². The average Bonchev–Trinajstić information content (AvgIpc) is 3.43. The average molecular weight is 535 g/mol. The van der Waals surface area contributed by atoms with Crippen LogP contribution >= 0.6 is 0 Å². The smallest absolute Gasteiger partial charge is 0.417 e. The molecule has 37 heavy (non-hydrogen) atoms. The van der Waals surface area contributed by atoms with Crippen molar-refractivity contribution in [3.63, 3.8) is 0 Å². The zero-order valence-corrected chi connectivity index (χ0v) is 20.7. The standard InChI is InChI=1S/C24H25F3N6O3S/c1-37(35,36)32-12-10-15(11-13-32)6-8-17-21(20-9-7-16(14-28-20)24(25,26)27)31-33(22(17)34)23-29-18-4-2-3-5-19(18)30-23/h2-5,7,9,14-15,34H,6,8,10-13H2,1H3,(H,29,30). The number of imidazole rings is 1. The number of nitrogens with zero attached hydrogens (tertiary/aromatic N) is 5. The number of nitrogens with one attached hydrogen (secondary N) is 1. The molecule has 0 bridgehead atoms. The Kier molecular flexibility index (Phi) is 6.44. The normalized spacial score (nSPS) is 16.0. The lowest BCUT2D eigenvalue weighted by molar-refractivity contribution is -0.137. The summed E-state index contributed by atoms with van der Waals surface area (Å²) in [7, 11) is -3.24. The molecule has 1 saturated heterocycles. The summed E-state index contributed by atoms with van der Waals surface area (Å²) in [6.07, 6.45) is -0.194. The van der Waals surface area contributed by atoms with Crippen molar-refractivity contribution in [1.82, 2.24) is 29.0 Å². The molecule has 9 nitrogen and oxygen atoms in total. The molecule has 0 saturated carbocycles. The maximum Gasteiger partial charge on any atom is 0.417 e. The largest absolute Gasteiger partial charge is 0.493 e. The van der Waals surface area contributed by atoms with Gasteiger partial charge in [-0.05, 0) is 55.9 Å². The number of alkyl halides is 3. The number of H-pyrrole nitrogens is 1. The molecule has 5 rings (SSSR count). The number of hydrogen-bond donors (Lipinski definition) is 2. The number of aromatic nitrogens is 5. The first-order valence-corrected chi connectivity index (χ1v) is 13.6. The molecule has 2 N–H and O–H groups in total. The third-order valence-electron chi connectivity index (χ3n) is 6.71. The van der Waals surface area contributed by atoms with E-state index in [1.54, 1.807) is 6.07 Å². The molecule has 0 unspecified atom stereocenters. The third kappa shape index (κ3) is 5.18. The van der Waals surface area contributed by atoms with Crippen molar-refractivity contribution in [3.05, 3.63) is 53.7 Å². The van der Waals surface area contributed by atoms with Gasteiger partial charge in [0.15, 0.2) is 0 Å². The van der Waals surface area contributed by atoms with Crippen LogP contribution in [0.15, 0.2) is 42.6 Å². The second-order valence-electron chi connectivity index (χ2n) is 9.21. The zero-order chi connectivity index (χ0) is 26.4. The third-order valence-corrected chi connectivity index (χ3v) is 8.02. The number of pyridine rings is 1. The Hall–Kier alpha value is -3.45. The van der Waals surface area contributed by atoms with Gasteiger partial charge in [-0.1, -0.05) is 12.1 Å². The molecule has 1 fully saturated rings. The Morgan fingerprint density at radius 3 is 2.49 bits per heavy atom. The number of halogens is 3. The lowest BCUT2D eigenvalue weighted by Crippen LogP contribution is -2.37. The molecule has 4 aromatic rings. The number of fused-ring (bicyclic) bond motifs is 1. The van der Waals surface area contributed by atoms with Gasteiger partial charge in [-0.15, -0.1) is 0 Å². The van der Waals surface area contributed by atoms with E-state index in [9.17, 15) is 26.7 Å². The Morgan fingerprint density at radius 2 is 1.86 bits per heavy atom. The SMILES string of the molecule is CS(=O)(=O)N1CCC(CCc2c(-c3ccc(C(F)(F)F)cn3)nn(-c3nc4ccccc4[nH]3)c2O)CC1. The summed E-state index contributed by atoms with van der Waals surface area (Å²) in [5.74, 6) is 0.310. The van der Waals surface area contributed by atoms with Crippen LogP contribution in [-0.4, -0.2) is 61.9 Å². The number of aromatic hydroxyl groups is 1. The molecular weight excluding hydrogens is 509 g/mol. The molecule has 1 aromatic carbocycles. The van der Waals surface area contributed by atoms with E-state index in [2.05, 4.69) is 20.1 Å². The van der Waals surface area contributed by atoms with E-state index in [0.29, 0.717) is 49.9 Å². The molecule has 4 heterocycles. The minimum atomic E-state index is -4.52. The second-order valence-corrected chi connectivity index (χ2v) is 11.2. The number of para-hydroxylation sites is 2. The molecule has 196 valence electrons. The maximum absolute atomic E-state index is 13.1. The summed E-state index contributed by atoms with van der Waals surface area (Å²) in [5.41, 5.74) is 1.43. The van der Waals surface area contributed by atoms with Crippen LogP contribution in [0.1, 0.15) is 30.4 Å². The Morgan fingerprint density at radius 1 is 1.14 bits per heavy atom. The summed E-state index contributed by atoms with van der Waals surface area (Å²) in [4.78, 5) is 11.6. The van der Waals surface area contributed by atoms with Gasteiger partial charge in [0.05, 0.1) is 28.5 Å².